The van der Waals surface area contributed by atoms with Crippen LogP contribution in [0.2, 0.25) is 5.02 Å². The smallest absolute Gasteiger partial charge is 0.227 e. The number of amides is 1. The summed E-state index contributed by atoms with van der Waals surface area (Å²) in [6, 6.07) is 9.97. The zero-order chi connectivity index (χ0) is 25.0. The van der Waals surface area contributed by atoms with Crippen LogP contribution in [0.25, 0.3) is 27.9 Å². The summed E-state index contributed by atoms with van der Waals surface area (Å²) in [5.74, 6) is 1.76. The molecule has 9 heteroatoms. The van der Waals surface area contributed by atoms with Crippen LogP contribution in [-0.2, 0) is 4.79 Å². The van der Waals surface area contributed by atoms with E-state index in [2.05, 4.69) is 27.3 Å². The number of anilines is 1. The number of halogens is 2. The van der Waals surface area contributed by atoms with Crippen LogP contribution in [0.15, 0.2) is 58.5 Å². The fourth-order valence-electron chi connectivity index (χ4n) is 5.12. The summed E-state index contributed by atoms with van der Waals surface area (Å²) in [6.45, 7) is 3.81. The Labute approximate surface area is 216 Å². The zero-order valence-corrected chi connectivity index (χ0v) is 21.2. The molecule has 2 aromatic heterocycles. The van der Waals surface area contributed by atoms with Crippen LogP contribution in [0, 0.1) is 19.7 Å². The highest BCUT2D eigenvalue weighted by molar-refractivity contribution is 8.02. The number of rotatable bonds is 4. The summed E-state index contributed by atoms with van der Waals surface area (Å²) >= 11 is 7.86. The van der Waals surface area contributed by atoms with Crippen molar-refractivity contribution in [2.24, 2.45) is 0 Å². The molecule has 0 aliphatic carbocycles. The van der Waals surface area contributed by atoms with Crippen LogP contribution in [-0.4, -0.2) is 26.4 Å². The Morgan fingerprint density at radius 3 is 2.78 bits per heavy atom. The van der Waals surface area contributed by atoms with Crippen molar-refractivity contribution in [2.75, 3.05) is 10.7 Å². The highest BCUT2D eigenvalue weighted by Gasteiger charge is 2.37. The molecule has 2 aliphatic heterocycles. The Morgan fingerprint density at radius 1 is 1.19 bits per heavy atom. The monoisotopic (exact) mass is 520 g/mol. The highest BCUT2D eigenvalue weighted by Crippen LogP contribution is 2.41. The minimum atomic E-state index is -0.483. The number of carbonyl (C=O) groups is 1. The molecule has 4 heterocycles. The Hall–Kier alpha value is -3.36. The molecular weight excluding hydrogens is 499 g/mol. The molecule has 36 heavy (non-hydrogen) atoms. The predicted molar refractivity (Wildman–Crippen MR) is 141 cm³/mol. The molecule has 1 fully saturated rings. The number of fused-ring (bicyclic) bond motifs is 1. The fraction of sp³-hybridized carbons (Fsp3) is 0.222. The van der Waals surface area contributed by atoms with Gasteiger partial charge in [-0.05, 0) is 73.7 Å². The summed E-state index contributed by atoms with van der Waals surface area (Å²) in [7, 11) is 0. The van der Waals surface area contributed by atoms with Gasteiger partial charge in [0.05, 0.1) is 22.8 Å². The number of hydrogen-bond acceptors (Lipinski definition) is 5. The lowest BCUT2D eigenvalue weighted by Crippen LogP contribution is -2.29. The topological polar surface area (TPSA) is 64.2 Å². The second kappa shape index (κ2) is 8.94. The van der Waals surface area contributed by atoms with E-state index in [0.29, 0.717) is 18.5 Å². The number of hydrogen-bond donors (Lipinski definition) is 0. The third kappa shape index (κ3) is 3.85. The van der Waals surface area contributed by atoms with Crippen molar-refractivity contribution in [2.45, 2.75) is 32.7 Å². The lowest BCUT2D eigenvalue weighted by atomic mass is 10.0. The van der Waals surface area contributed by atoms with Gasteiger partial charge in [0.15, 0.2) is 0 Å². The average Bonchev–Trinajstić information content (AvgIpc) is 3.52. The van der Waals surface area contributed by atoms with E-state index in [-0.39, 0.29) is 17.0 Å². The lowest BCUT2D eigenvalue weighted by molar-refractivity contribution is -0.117. The van der Waals surface area contributed by atoms with Gasteiger partial charge in [0.2, 0.25) is 5.91 Å². The minimum absolute atomic E-state index is 0.0830. The lowest BCUT2D eigenvalue weighted by Gasteiger charge is -2.26. The Balaban J connectivity index is 1.55. The number of allylic oxidation sites excluding steroid dienone is 2. The molecule has 2 aliphatic rings. The second-order valence-corrected chi connectivity index (χ2v) is 10.3. The quantitative estimate of drug-likeness (QED) is 0.288. The van der Waals surface area contributed by atoms with Gasteiger partial charge in [0.25, 0.3) is 0 Å². The van der Waals surface area contributed by atoms with Gasteiger partial charge in [0.1, 0.15) is 17.4 Å². The zero-order valence-electron chi connectivity index (χ0n) is 19.7. The van der Waals surface area contributed by atoms with Gasteiger partial charge in [-0.15, -0.1) is 11.8 Å². The van der Waals surface area contributed by atoms with E-state index in [9.17, 15) is 9.18 Å². The van der Waals surface area contributed by atoms with Crippen LogP contribution >= 0.6 is 23.4 Å². The largest absolute Gasteiger partial charge is 0.361 e. The third-order valence-electron chi connectivity index (χ3n) is 6.62. The van der Waals surface area contributed by atoms with E-state index in [4.69, 9.17) is 21.1 Å². The average molecular weight is 521 g/mol. The first-order chi connectivity index (χ1) is 17.4. The first-order valence-corrected chi connectivity index (χ1v) is 13.1. The number of benzene rings is 2. The number of carbonyl (C=O) groups excluding carboxylic acids is 1. The molecule has 2 aromatic carbocycles. The van der Waals surface area contributed by atoms with Gasteiger partial charge in [-0.2, -0.15) is 0 Å². The molecule has 0 unspecified atom stereocenters. The van der Waals surface area contributed by atoms with E-state index in [1.807, 2.05) is 32.0 Å². The molecule has 0 spiro atoms. The molecule has 0 saturated carbocycles. The molecule has 0 N–H and O–H groups in total. The van der Waals surface area contributed by atoms with E-state index in [0.717, 1.165) is 50.9 Å². The number of aryl methyl sites for hydroxylation is 2. The number of imidazole rings is 1. The van der Waals surface area contributed by atoms with Gasteiger partial charge in [-0.25, -0.2) is 9.37 Å². The normalized spacial score (nSPS) is 17.9. The van der Waals surface area contributed by atoms with Gasteiger partial charge < -0.3 is 9.42 Å². The van der Waals surface area contributed by atoms with Crippen LogP contribution in [0.4, 0.5) is 10.1 Å². The minimum Gasteiger partial charge on any atom is -0.361 e. The first-order valence-electron chi connectivity index (χ1n) is 11.6. The van der Waals surface area contributed by atoms with Crippen molar-refractivity contribution in [1.29, 1.82) is 0 Å². The number of aromatic nitrogens is 3. The maximum Gasteiger partial charge on any atom is 0.227 e. The predicted octanol–water partition coefficient (Wildman–Crippen LogP) is 7.07. The maximum absolute atomic E-state index is 14.2. The Bertz CT molecular complexity index is 1550. The van der Waals surface area contributed by atoms with E-state index in [1.54, 1.807) is 22.7 Å². The summed E-state index contributed by atoms with van der Waals surface area (Å²) in [5, 5.41) is 6.40. The van der Waals surface area contributed by atoms with Gasteiger partial charge in [-0.1, -0.05) is 22.8 Å². The van der Waals surface area contributed by atoms with Crippen LogP contribution < -0.4 is 4.90 Å². The molecule has 1 atom stereocenters. The molecule has 0 radical (unpaired) electrons. The Kier molecular flexibility index (Phi) is 5.73. The molecule has 6 rings (SSSR count). The van der Waals surface area contributed by atoms with E-state index < -0.39 is 5.82 Å². The number of nitrogens with zero attached hydrogens (tertiary/aromatic N) is 4. The molecule has 1 saturated heterocycles. The third-order valence-corrected chi connectivity index (χ3v) is 7.53. The molecule has 6 nitrogen and oxygen atoms in total. The van der Waals surface area contributed by atoms with Crippen LogP contribution in [0.1, 0.15) is 36.2 Å². The van der Waals surface area contributed by atoms with Gasteiger partial charge in [-0.3, -0.25) is 9.36 Å². The summed E-state index contributed by atoms with van der Waals surface area (Å²) < 4.78 is 21.7. The maximum atomic E-state index is 14.2. The summed E-state index contributed by atoms with van der Waals surface area (Å²) in [6.07, 6.45) is 5.12. The highest BCUT2D eigenvalue weighted by atomic mass is 35.5. The van der Waals surface area contributed by atoms with Crippen molar-refractivity contribution < 1.29 is 13.7 Å². The van der Waals surface area contributed by atoms with E-state index >= 15 is 0 Å². The molecule has 4 aromatic rings. The van der Waals surface area contributed by atoms with Crippen molar-refractivity contribution in [3.8, 4) is 11.1 Å². The summed E-state index contributed by atoms with van der Waals surface area (Å²) in [5.41, 5.74) is 5.89. The Morgan fingerprint density at radius 2 is 2.06 bits per heavy atom. The van der Waals surface area contributed by atoms with E-state index in [1.165, 1.54) is 12.1 Å². The summed E-state index contributed by atoms with van der Waals surface area (Å²) in [4.78, 5) is 19.7. The molecule has 1 amide bonds. The van der Waals surface area contributed by atoms with Crippen molar-refractivity contribution >= 4 is 51.7 Å². The first kappa shape index (κ1) is 23.1. The SMILES string of the molecule is Cc1noc(C)c1-c1ccc2c(c1)nc([C@@H]1CCC(=O)N1c1cc(F)cc(Cl)c1)n2C1=CCSC=C1. The standard InChI is InChI=1S/C27H22ClFN4O2S/c1-15-26(16(2)35-31-15)17-3-4-23-22(11-17)30-27(33(23)20-7-9-36-10-8-20)24-5-6-25(34)32(24)21-13-18(28)12-19(29)14-21/h3-4,7-9,11-14,24H,5-6,10H2,1-2H3/t24-/m0/s1. The van der Waals surface area contributed by atoms with Crippen molar-refractivity contribution in [3.63, 3.8) is 0 Å². The van der Waals surface area contributed by atoms with Crippen LogP contribution in [0.3, 0.4) is 0 Å². The van der Waals surface area contributed by atoms with Crippen molar-refractivity contribution in [3.05, 3.63) is 82.1 Å². The second-order valence-electron chi connectivity index (χ2n) is 8.92. The molecule has 0 bridgehead atoms. The van der Waals surface area contributed by atoms with Gasteiger partial charge in [0, 0.05) is 34.1 Å². The number of thioether (sulfide) groups is 1. The molecular formula is C27H22ClFN4O2S. The van der Waals surface area contributed by atoms with Crippen LogP contribution in [0.5, 0.6) is 0 Å². The van der Waals surface area contributed by atoms with Crippen molar-refractivity contribution in [1.82, 2.24) is 14.7 Å². The fourth-order valence-corrected chi connectivity index (χ4v) is 5.95. The molecule has 182 valence electrons. The van der Waals surface area contributed by atoms with Gasteiger partial charge >= 0.3 is 0 Å².